The van der Waals surface area contributed by atoms with Gasteiger partial charge in [0, 0.05) is 25.2 Å². The summed E-state index contributed by atoms with van der Waals surface area (Å²) in [5.41, 5.74) is 5.77. The van der Waals surface area contributed by atoms with E-state index >= 15 is 0 Å². The summed E-state index contributed by atoms with van der Waals surface area (Å²) in [4.78, 5) is 0. The summed E-state index contributed by atoms with van der Waals surface area (Å²) in [7, 11) is 0. The number of aliphatic hydroxyl groups is 1. The SMILES string of the molecule is CC(CCO)NC(CN)C1CCCC1. The summed E-state index contributed by atoms with van der Waals surface area (Å²) in [6.45, 7) is 3.10. The zero-order chi connectivity index (χ0) is 10.4. The number of aliphatic hydroxyl groups excluding tert-OH is 1. The predicted molar refractivity (Wildman–Crippen MR) is 59.1 cm³/mol. The summed E-state index contributed by atoms with van der Waals surface area (Å²) in [6, 6.07) is 0.841. The van der Waals surface area contributed by atoms with Crippen molar-refractivity contribution in [1.82, 2.24) is 5.32 Å². The summed E-state index contributed by atoms with van der Waals surface area (Å²) in [6.07, 6.45) is 6.18. The maximum Gasteiger partial charge on any atom is 0.0445 e. The van der Waals surface area contributed by atoms with Gasteiger partial charge in [-0.3, -0.25) is 0 Å². The van der Waals surface area contributed by atoms with Crippen molar-refractivity contribution in [2.75, 3.05) is 13.2 Å². The molecule has 2 atom stereocenters. The lowest BCUT2D eigenvalue weighted by atomic mass is 9.97. The van der Waals surface area contributed by atoms with E-state index < -0.39 is 0 Å². The zero-order valence-corrected chi connectivity index (χ0v) is 9.21. The van der Waals surface area contributed by atoms with Crippen LogP contribution in [0.15, 0.2) is 0 Å². The molecule has 0 aromatic carbocycles. The van der Waals surface area contributed by atoms with Crippen LogP contribution >= 0.6 is 0 Å². The molecule has 1 aliphatic rings. The molecule has 1 saturated carbocycles. The first-order valence-corrected chi connectivity index (χ1v) is 5.85. The van der Waals surface area contributed by atoms with E-state index in [1.165, 1.54) is 25.7 Å². The molecule has 0 radical (unpaired) electrons. The first-order valence-electron chi connectivity index (χ1n) is 5.85. The van der Waals surface area contributed by atoms with Gasteiger partial charge < -0.3 is 16.2 Å². The minimum atomic E-state index is 0.260. The number of nitrogens with two attached hydrogens (primary N) is 1. The topological polar surface area (TPSA) is 58.3 Å². The minimum absolute atomic E-state index is 0.260. The third kappa shape index (κ3) is 3.56. The molecule has 3 heteroatoms. The molecule has 14 heavy (non-hydrogen) atoms. The quantitative estimate of drug-likeness (QED) is 0.596. The lowest BCUT2D eigenvalue weighted by Crippen LogP contribution is -2.45. The Hall–Kier alpha value is -0.120. The second-order valence-electron chi connectivity index (χ2n) is 4.47. The molecule has 2 unspecified atom stereocenters. The Balaban J connectivity index is 2.29. The molecule has 0 saturated heterocycles. The Morgan fingerprint density at radius 1 is 1.43 bits per heavy atom. The summed E-state index contributed by atoms with van der Waals surface area (Å²) >= 11 is 0. The third-order valence-corrected chi connectivity index (χ3v) is 3.28. The molecule has 0 spiro atoms. The van der Waals surface area contributed by atoms with Crippen LogP contribution in [-0.2, 0) is 0 Å². The van der Waals surface area contributed by atoms with Gasteiger partial charge in [-0.25, -0.2) is 0 Å². The Bertz CT molecular complexity index is 146. The average molecular weight is 200 g/mol. The number of hydrogen-bond donors (Lipinski definition) is 3. The van der Waals surface area contributed by atoms with Crippen molar-refractivity contribution in [3.63, 3.8) is 0 Å². The molecule has 3 nitrogen and oxygen atoms in total. The van der Waals surface area contributed by atoms with Crippen LogP contribution in [0.4, 0.5) is 0 Å². The Kier molecular flexibility index (Phi) is 5.45. The molecule has 4 N–H and O–H groups in total. The fourth-order valence-corrected chi connectivity index (χ4v) is 2.40. The molecule has 0 amide bonds. The molecule has 0 aromatic heterocycles. The van der Waals surface area contributed by atoms with Gasteiger partial charge in [0.1, 0.15) is 0 Å². The highest BCUT2D eigenvalue weighted by Gasteiger charge is 2.24. The van der Waals surface area contributed by atoms with Crippen molar-refractivity contribution >= 4 is 0 Å². The molecule has 0 heterocycles. The molecular weight excluding hydrogens is 176 g/mol. The summed E-state index contributed by atoms with van der Waals surface area (Å²) in [5, 5.41) is 12.3. The highest BCUT2D eigenvalue weighted by atomic mass is 16.3. The Labute approximate surface area is 87.1 Å². The second-order valence-corrected chi connectivity index (χ2v) is 4.47. The molecule has 1 rings (SSSR count). The molecule has 0 bridgehead atoms. The molecule has 84 valence electrons. The van der Waals surface area contributed by atoms with Crippen LogP contribution in [-0.4, -0.2) is 30.3 Å². The second kappa shape index (κ2) is 6.38. The van der Waals surface area contributed by atoms with Gasteiger partial charge in [-0.1, -0.05) is 12.8 Å². The highest BCUT2D eigenvalue weighted by molar-refractivity contribution is 4.83. The minimum Gasteiger partial charge on any atom is -0.396 e. The van der Waals surface area contributed by atoms with E-state index in [2.05, 4.69) is 12.2 Å². The maximum absolute atomic E-state index is 8.82. The van der Waals surface area contributed by atoms with Crippen LogP contribution in [0.1, 0.15) is 39.0 Å². The van der Waals surface area contributed by atoms with Gasteiger partial charge in [0.25, 0.3) is 0 Å². The molecular formula is C11H24N2O. The van der Waals surface area contributed by atoms with Crippen molar-refractivity contribution in [2.24, 2.45) is 11.7 Å². The van der Waals surface area contributed by atoms with Crippen LogP contribution in [0.3, 0.4) is 0 Å². The van der Waals surface area contributed by atoms with E-state index in [4.69, 9.17) is 10.8 Å². The fraction of sp³-hybridized carbons (Fsp3) is 1.00. The van der Waals surface area contributed by atoms with E-state index in [1.807, 2.05) is 0 Å². The van der Waals surface area contributed by atoms with Crippen molar-refractivity contribution in [2.45, 2.75) is 51.1 Å². The van der Waals surface area contributed by atoms with E-state index in [-0.39, 0.29) is 6.61 Å². The van der Waals surface area contributed by atoms with Crippen molar-refractivity contribution in [1.29, 1.82) is 0 Å². The zero-order valence-electron chi connectivity index (χ0n) is 9.21. The standard InChI is InChI=1S/C11H24N2O/c1-9(6-7-14)13-11(8-12)10-4-2-3-5-10/h9-11,13-14H,2-8,12H2,1H3. The van der Waals surface area contributed by atoms with E-state index in [9.17, 15) is 0 Å². The third-order valence-electron chi connectivity index (χ3n) is 3.28. The number of rotatable bonds is 6. The van der Waals surface area contributed by atoms with Crippen LogP contribution < -0.4 is 11.1 Å². The number of nitrogens with one attached hydrogen (secondary N) is 1. The maximum atomic E-state index is 8.82. The van der Waals surface area contributed by atoms with Crippen LogP contribution in [0.25, 0.3) is 0 Å². The van der Waals surface area contributed by atoms with Gasteiger partial charge in [0.05, 0.1) is 0 Å². The smallest absolute Gasteiger partial charge is 0.0445 e. The molecule has 0 aliphatic heterocycles. The largest absolute Gasteiger partial charge is 0.396 e. The Morgan fingerprint density at radius 2 is 2.07 bits per heavy atom. The van der Waals surface area contributed by atoms with E-state index in [0.717, 1.165) is 18.9 Å². The highest BCUT2D eigenvalue weighted by Crippen LogP contribution is 2.27. The fourth-order valence-electron chi connectivity index (χ4n) is 2.40. The monoisotopic (exact) mass is 200 g/mol. The van der Waals surface area contributed by atoms with Gasteiger partial charge in [-0.2, -0.15) is 0 Å². The van der Waals surface area contributed by atoms with Gasteiger partial charge >= 0.3 is 0 Å². The normalized spacial score (nSPS) is 22.5. The lowest BCUT2D eigenvalue weighted by Gasteiger charge is -2.26. The lowest BCUT2D eigenvalue weighted by molar-refractivity contribution is 0.251. The van der Waals surface area contributed by atoms with Crippen LogP contribution in [0, 0.1) is 5.92 Å². The first-order chi connectivity index (χ1) is 6.77. The molecule has 0 aromatic rings. The van der Waals surface area contributed by atoms with Crippen LogP contribution in [0.5, 0.6) is 0 Å². The average Bonchev–Trinajstić information content (AvgIpc) is 2.67. The van der Waals surface area contributed by atoms with E-state index in [0.29, 0.717) is 12.1 Å². The van der Waals surface area contributed by atoms with Gasteiger partial charge in [-0.05, 0) is 32.1 Å². The first kappa shape index (κ1) is 12.0. The van der Waals surface area contributed by atoms with Crippen molar-refractivity contribution < 1.29 is 5.11 Å². The van der Waals surface area contributed by atoms with Gasteiger partial charge in [-0.15, -0.1) is 0 Å². The number of hydrogen-bond acceptors (Lipinski definition) is 3. The Morgan fingerprint density at radius 3 is 2.57 bits per heavy atom. The summed E-state index contributed by atoms with van der Waals surface area (Å²) in [5.74, 6) is 0.765. The predicted octanol–water partition coefficient (Wildman–Crippen LogP) is 0.864. The van der Waals surface area contributed by atoms with Gasteiger partial charge in [0.2, 0.25) is 0 Å². The van der Waals surface area contributed by atoms with Crippen LogP contribution in [0.2, 0.25) is 0 Å². The van der Waals surface area contributed by atoms with E-state index in [1.54, 1.807) is 0 Å². The van der Waals surface area contributed by atoms with Gasteiger partial charge in [0.15, 0.2) is 0 Å². The molecule has 1 aliphatic carbocycles. The van der Waals surface area contributed by atoms with Crippen molar-refractivity contribution in [3.05, 3.63) is 0 Å². The molecule has 1 fully saturated rings. The van der Waals surface area contributed by atoms with Crippen molar-refractivity contribution in [3.8, 4) is 0 Å². The summed E-state index contributed by atoms with van der Waals surface area (Å²) < 4.78 is 0.